The van der Waals surface area contributed by atoms with E-state index in [0.717, 1.165) is 10.8 Å². The van der Waals surface area contributed by atoms with Crippen LogP contribution in [0.15, 0.2) is 47.4 Å². The number of aliphatic hydroxyl groups excluding tert-OH is 1. The number of para-hydroxylation sites is 1. The average molecular weight is 565 g/mol. The first-order chi connectivity index (χ1) is 16.8. The van der Waals surface area contributed by atoms with Gasteiger partial charge in [0.05, 0.1) is 12.7 Å². The Kier molecular flexibility index (Phi) is 9.10. The molecule has 36 heavy (non-hydrogen) atoms. The summed E-state index contributed by atoms with van der Waals surface area (Å²) < 4.78 is 38.4. The standard InChI is InChI=1S/C21H27ClFN4O7PS/c1-12(2)32-18(29)13(3)26-35(36,34-14-7-5-4-6-8-14)31-11-15-17(28)21(22,23)19(33-15)27-10-9-16(24)25-20(27)30/h4-10,12-13,15,17,19,28H,11H2,1-3H3,(H,26,36)(H2,24,25,30)/t13-,15+,17+,19+,21-,35-/m0/s1. The molecule has 0 saturated carbocycles. The summed E-state index contributed by atoms with van der Waals surface area (Å²) in [7, 11) is 0. The Labute approximate surface area is 216 Å². The van der Waals surface area contributed by atoms with Crippen molar-refractivity contribution in [2.24, 2.45) is 0 Å². The lowest BCUT2D eigenvalue weighted by molar-refractivity contribution is -0.149. The summed E-state index contributed by atoms with van der Waals surface area (Å²) >= 11 is 11.5. The Hall–Kier alpha value is -2.12. The van der Waals surface area contributed by atoms with Gasteiger partial charge in [-0.1, -0.05) is 29.8 Å². The third kappa shape index (κ3) is 6.80. The van der Waals surface area contributed by atoms with Crippen molar-refractivity contribution in [3.8, 4) is 5.75 Å². The van der Waals surface area contributed by atoms with Crippen LogP contribution in [0.3, 0.4) is 0 Å². The van der Waals surface area contributed by atoms with E-state index < -0.39 is 54.5 Å². The number of nitrogens with zero attached hydrogens (tertiary/aromatic N) is 2. The van der Waals surface area contributed by atoms with Gasteiger partial charge in [0.15, 0.2) is 6.23 Å². The number of carbonyl (C=O) groups excluding carboxylic acids is 1. The van der Waals surface area contributed by atoms with Gasteiger partial charge < -0.3 is 29.4 Å². The first kappa shape index (κ1) is 28.5. The second kappa shape index (κ2) is 11.5. The summed E-state index contributed by atoms with van der Waals surface area (Å²) in [6.45, 7) is 0.933. The van der Waals surface area contributed by atoms with Crippen LogP contribution in [0.2, 0.25) is 0 Å². The number of ether oxygens (including phenoxy) is 2. The molecule has 1 fully saturated rings. The van der Waals surface area contributed by atoms with Crippen LogP contribution in [0.4, 0.5) is 10.2 Å². The number of benzene rings is 1. The molecule has 11 nitrogen and oxygen atoms in total. The third-order valence-corrected chi connectivity index (χ3v) is 7.83. The van der Waals surface area contributed by atoms with E-state index >= 15 is 4.39 Å². The van der Waals surface area contributed by atoms with Crippen LogP contribution in [0.5, 0.6) is 5.75 Å². The fraction of sp³-hybridized carbons (Fsp3) is 0.476. The highest BCUT2D eigenvalue weighted by Gasteiger charge is 2.58. The molecule has 0 aliphatic carbocycles. The Balaban J connectivity index is 1.79. The fourth-order valence-electron chi connectivity index (χ4n) is 3.22. The van der Waals surface area contributed by atoms with Gasteiger partial charge in [0.25, 0.3) is 5.13 Å². The van der Waals surface area contributed by atoms with Gasteiger partial charge in [-0.25, -0.2) is 14.3 Å². The van der Waals surface area contributed by atoms with Gasteiger partial charge in [-0.2, -0.15) is 4.98 Å². The molecule has 0 spiro atoms. The summed E-state index contributed by atoms with van der Waals surface area (Å²) in [4.78, 5) is 28.0. The third-order valence-electron chi connectivity index (χ3n) is 4.92. The van der Waals surface area contributed by atoms with Crippen molar-refractivity contribution in [1.82, 2.24) is 14.6 Å². The number of rotatable bonds is 10. The van der Waals surface area contributed by atoms with E-state index in [9.17, 15) is 14.7 Å². The fourth-order valence-corrected chi connectivity index (χ4v) is 5.93. The lowest BCUT2D eigenvalue weighted by Gasteiger charge is -2.28. The monoisotopic (exact) mass is 564 g/mol. The second-order valence-corrected chi connectivity index (χ2v) is 11.9. The van der Waals surface area contributed by atoms with Crippen molar-refractivity contribution in [2.45, 2.75) is 56.5 Å². The van der Waals surface area contributed by atoms with Crippen LogP contribution in [-0.4, -0.2) is 56.7 Å². The van der Waals surface area contributed by atoms with Gasteiger partial charge in [-0.15, -0.1) is 0 Å². The summed E-state index contributed by atoms with van der Waals surface area (Å²) in [5, 5.41) is 10.4. The smallest absolute Gasteiger partial charge is 0.351 e. The van der Waals surface area contributed by atoms with E-state index in [4.69, 9.17) is 47.7 Å². The number of nitrogens with one attached hydrogen (secondary N) is 1. The van der Waals surface area contributed by atoms with Crippen molar-refractivity contribution in [3.63, 3.8) is 0 Å². The normalized spacial score (nSPS) is 26.4. The SMILES string of the molecule is CC(C)OC(=O)[C@H](C)N[P@](=S)(OC[C@H]1O[C@@H](n2ccc(N)nc2=O)[C@](F)(Cl)[C@@H]1O)Oc1ccccc1. The Morgan fingerprint density at radius 2 is 2.06 bits per heavy atom. The first-order valence-electron chi connectivity index (χ1n) is 10.9. The molecule has 6 atom stereocenters. The van der Waals surface area contributed by atoms with E-state index in [1.54, 1.807) is 44.2 Å². The molecule has 4 N–H and O–H groups in total. The van der Waals surface area contributed by atoms with Crippen LogP contribution >= 0.6 is 18.2 Å². The Morgan fingerprint density at radius 1 is 1.39 bits per heavy atom. The molecule has 0 amide bonds. The van der Waals surface area contributed by atoms with Gasteiger partial charge in [0, 0.05) is 6.20 Å². The predicted molar refractivity (Wildman–Crippen MR) is 134 cm³/mol. The van der Waals surface area contributed by atoms with E-state index in [0.29, 0.717) is 5.75 Å². The van der Waals surface area contributed by atoms with E-state index in [-0.39, 0.29) is 11.9 Å². The topological polar surface area (TPSA) is 147 Å². The molecule has 0 bridgehead atoms. The van der Waals surface area contributed by atoms with Crippen LogP contribution in [-0.2, 0) is 30.6 Å². The molecule has 15 heteroatoms. The number of aromatic nitrogens is 2. The summed E-state index contributed by atoms with van der Waals surface area (Å²) in [6, 6.07) is 8.79. The lowest BCUT2D eigenvalue weighted by Crippen LogP contribution is -2.41. The quantitative estimate of drug-likeness (QED) is 0.222. The van der Waals surface area contributed by atoms with Crippen LogP contribution in [0.1, 0.15) is 27.0 Å². The predicted octanol–water partition coefficient (Wildman–Crippen LogP) is 2.24. The minimum absolute atomic E-state index is 0.0800. The van der Waals surface area contributed by atoms with Crippen molar-refractivity contribution in [3.05, 3.63) is 53.1 Å². The van der Waals surface area contributed by atoms with E-state index in [2.05, 4.69) is 10.1 Å². The number of esters is 1. The number of nitrogens with two attached hydrogens (primary N) is 1. The van der Waals surface area contributed by atoms with E-state index in [1.165, 1.54) is 13.0 Å². The number of hydrogen-bond donors (Lipinski definition) is 3. The van der Waals surface area contributed by atoms with Gasteiger partial charge in [0.2, 0.25) is 0 Å². The summed E-state index contributed by atoms with van der Waals surface area (Å²) in [6.07, 6.45) is -4.22. The minimum Gasteiger partial charge on any atom is -0.462 e. The highest BCUT2D eigenvalue weighted by Crippen LogP contribution is 2.48. The number of nitrogen functional groups attached to an aromatic ring is 1. The maximum atomic E-state index is 15.3. The highest BCUT2D eigenvalue weighted by atomic mass is 35.5. The number of carbonyl (C=O) groups is 1. The average Bonchev–Trinajstić information content (AvgIpc) is 3.01. The van der Waals surface area contributed by atoms with Gasteiger partial charge in [-0.3, -0.25) is 9.36 Å². The molecule has 0 radical (unpaired) electrons. The van der Waals surface area contributed by atoms with Crippen molar-refractivity contribution in [1.29, 1.82) is 0 Å². The van der Waals surface area contributed by atoms with Crippen molar-refractivity contribution >= 4 is 41.8 Å². The maximum absolute atomic E-state index is 15.3. The first-order valence-corrected chi connectivity index (χ1v) is 13.9. The highest BCUT2D eigenvalue weighted by molar-refractivity contribution is 8.09. The molecule has 0 unspecified atom stereocenters. The molecule has 198 valence electrons. The van der Waals surface area contributed by atoms with Gasteiger partial charge >= 0.3 is 18.3 Å². The van der Waals surface area contributed by atoms with Gasteiger partial charge in [-0.05, 0) is 50.8 Å². The molecular formula is C21H27ClFN4O7PS. The van der Waals surface area contributed by atoms with Crippen LogP contribution < -0.4 is 21.0 Å². The number of anilines is 1. The maximum Gasteiger partial charge on any atom is 0.351 e. The summed E-state index contributed by atoms with van der Waals surface area (Å²) in [5.74, 6) is -0.320. The van der Waals surface area contributed by atoms with E-state index in [1.807, 2.05) is 0 Å². The molecule has 2 heterocycles. The van der Waals surface area contributed by atoms with Crippen molar-refractivity contribution in [2.75, 3.05) is 12.3 Å². The molecular weight excluding hydrogens is 538 g/mol. The van der Waals surface area contributed by atoms with Crippen LogP contribution in [0, 0.1) is 0 Å². The number of aliphatic hydroxyl groups is 1. The molecule has 1 aromatic carbocycles. The zero-order chi connectivity index (χ0) is 26.7. The molecule has 1 aliphatic rings. The number of alkyl halides is 2. The molecule has 3 rings (SSSR count). The van der Waals surface area contributed by atoms with Crippen molar-refractivity contribution < 1.29 is 32.8 Å². The van der Waals surface area contributed by atoms with Crippen LogP contribution in [0.25, 0.3) is 0 Å². The minimum atomic E-state index is -3.49. The zero-order valence-electron chi connectivity index (χ0n) is 19.6. The molecule has 1 saturated heterocycles. The number of halogens is 2. The largest absolute Gasteiger partial charge is 0.462 e. The Bertz CT molecular complexity index is 1170. The Morgan fingerprint density at radius 3 is 2.67 bits per heavy atom. The number of hydrogen-bond acceptors (Lipinski definition) is 10. The lowest BCUT2D eigenvalue weighted by atomic mass is 10.1. The molecule has 2 aromatic rings. The molecule has 1 aliphatic heterocycles. The summed E-state index contributed by atoms with van der Waals surface area (Å²) in [5.41, 5.74) is 4.55. The molecule has 1 aromatic heterocycles. The van der Waals surface area contributed by atoms with Gasteiger partial charge in [0.1, 0.15) is 29.8 Å². The zero-order valence-corrected chi connectivity index (χ0v) is 22.1. The second-order valence-electron chi connectivity index (χ2n) is 8.22.